The fraction of sp³-hybridized carbons (Fsp3) is 0.765. The molecule has 0 aromatic carbocycles. The molecule has 2 atom stereocenters. The number of hydrogen-bond acceptors (Lipinski definition) is 0. The minimum Gasteiger partial charge on any atom is -0.0572 e. The van der Waals surface area contributed by atoms with E-state index in [1.54, 1.807) is 16.7 Å². The van der Waals surface area contributed by atoms with E-state index in [0.717, 1.165) is 11.8 Å². The van der Waals surface area contributed by atoms with Crippen molar-refractivity contribution in [3.05, 3.63) is 22.3 Å². The fourth-order valence-electron chi connectivity index (χ4n) is 3.88. The van der Waals surface area contributed by atoms with Gasteiger partial charge in [-0.3, -0.25) is 0 Å². The molecule has 3 aliphatic rings. The van der Waals surface area contributed by atoms with Gasteiger partial charge in [0.05, 0.1) is 0 Å². The molecule has 2 unspecified atom stereocenters. The summed E-state index contributed by atoms with van der Waals surface area (Å²) in [7, 11) is 0. The van der Waals surface area contributed by atoms with Gasteiger partial charge in [0, 0.05) is 0 Å². The van der Waals surface area contributed by atoms with Gasteiger partial charge in [-0.15, -0.1) is 0 Å². The first-order valence-electron chi connectivity index (χ1n) is 7.16. The summed E-state index contributed by atoms with van der Waals surface area (Å²) in [5, 5.41) is 0. The zero-order chi connectivity index (χ0) is 12.6. The van der Waals surface area contributed by atoms with E-state index in [2.05, 4.69) is 41.5 Å². The van der Waals surface area contributed by atoms with Crippen molar-refractivity contribution in [1.82, 2.24) is 0 Å². The standard InChI is InChI=1S/C17H26/c1-16(2,3)13-9-14(17(4,5)6)15-11-7-10(11)8-12(13)15/h10-11H,7-9H2,1-6H3. The Morgan fingerprint density at radius 1 is 0.882 bits per heavy atom. The van der Waals surface area contributed by atoms with Crippen LogP contribution in [0.1, 0.15) is 60.8 Å². The molecule has 0 nitrogen and oxygen atoms in total. The highest BCUT2D eigenvalue weighted by molar-refractivity contribution is 5.57. The summed E-state index contributed by atoms with van der Waals surface area (Å²) in [5.74, 6) is 1.98. The van der Waals surface area contributed by atoms with Gasteiger partial charge in [0.2, 0.25) is 0 Å². The molecule has 94 valence electrons. The van der Waals surface area contributed by atoms with E-state index < -0.39 is 0 Å². The first kappa shape index (κ1) is 11.6. The number of allylic oxidation sites excluding steroid dienone is 4. The highest BCUT2D eigenvalue weighted by Gasteiger charge is 2.52. The van der Waals surface area contributed by atoms with Gasteiger partial charge < -0.3 is 0 Å². The first-order chi connectivity index (χ1) is 7.69. The Morgan fingerprint density at radius 3 is 2.00 bits per heavy atom. The summed E-state index contributed by atoms with van der Waals surface area (Å²) in [4.78, 5) is 0. The number of fused-ring (bicyclic) bond motifs is 3. The smallest absolute Gasteiger partial charge is 0.00860 e. The SMILES string of the molecule is CC(C)(C)C1=C2CC3CC3C2=C(C(C)(C)C)C1. The first-order valence-corrected chi connectivity index (χ1v) is 7.16. The molecular formula is C17H26. The number of rotatable bonds is 0. The van der Waals surface area contributed by atoms with Crippen molar-refractivity contribution in [3.8, 4) is 0 Å². The molecule has 0 N–H and O–H groups in total. The van der Waals surface area contributed by atoms with Gasteiger partial charge in [-0.05, 0) is 53.1 Å². The van der Waals surface area contributed by atoms with E-state index in [-0.39, 0.29) is 0 Å². The van der Waals surface area contributed by atoms with Crippen LogP contribution in [0.5, 0.6) is 0 Å². The van der Waals surface area contributed by atoms with E-state index in [1.165, 1.54) is 19.3 Å². The van der Waals surface area contributed by atoms with Crippen molar-refractivity contribution in [2.45, 2.75) is 60.8 Å². The summed E-state index contributed by atoms with van der Waals surface area (Å²) in [6.07, 6.45) is 4.14. The molecular weight excluding hydrogens is 204 g/mol. The van der Waals surface area contributed by atoms with E-state index in [0.29, 0.717) is 10.8 Å². The van der Waals surface area contributed by atoms with Crippen LogP contribution in [0.4, 0.5) is 0 Å². The summed E-state index contributed by atoms with van der Waals surface area (Å²) < 4.78 is 0. The lowest BCUT2D eigenvalue weighted by atomic mass is 9.78. The second-order valence-electron chi connectivity index (χ2n) is 8.33. The summed E-state index contributed by atoms with van der Waals surface area (Å²) >= 11 is 0. The molecule has 0 heterocycles. The van der Waals surface area contributed by atoms with Crippen LogP contribution < -0.4 is 0 Å². The molecule has 0 amide bonds. The van der Waals surface area contributed by atoms with Crippen molar-refractivity contribution in [3.63, 3.8) is 0 Å². The normalized spacial score (nSPS) is 32.1. The lowest BCUT2D eigenvalue weighted by Crippen LogP contribution is -2.14. The molecule has 0 aromatic rings. The summed E-state index contributed by atoms with van der Waals surface area (Å²) in [5.41, 5.74) is 7.85. The molecule has 0 spiro atoms. The Bertz CT molecular complexity index is 432. The van der Waals surface area contributed by atoms with E-state index in [1.807, 2.05) is 5.57 Å². The van der Waals surface area contributed by atoms with Crippen LogP contribution in [0, 0.1) is 22.7 Å². The van der Waals surface area contributed by atoms with Crippen molar-refractivity contribution in [2.24, 2.45) is 22.7 Å². The van der Waals surface area contributed by atoms with Crippen LogP contribution in [0.2, 0.25) is 0 Å². The highest BCUT2D eigenvalue weighted by Crippen LogP contribution is 2.65. The summed E-state index contributed by atoms with van der Waals surface area (Å²) in [6.45, 7) is 14.4. The predicted octanol–water partition coefficient (Wildman–Crippen LogP) is 5.12. The van der Waals surface area contributed by atoms with Gasteiger partial charge in [-0.2, -0.15) is 0 Å². The van der Waals surface area contributed by atoms with Crippen LogP contribution in [0.15, 0.2) is 22.3 Å². The second kappa shape index (κ2) is 3.08. The van der Waals surface area contributed by atoms with Gasteiger partial charge >= 0.3 is 0 Å². The summed E-state index contributed by atoms with van der Waals surface area (Å²) in [6, 6.07) is 0. The quantitative estimate of drug-likeness (QED) is 0.542. The van der Waals surface area contributed by atoms with E-state index in [9.17, 15) is 0 Å². The fourth-order valence-corrected chi connectivity index (χ4v) is 3.88. The molecule has 2 fully saturated rings. The van der Waals surface area contributed by atoms with Gasteiger partial charge in [0.25, 0.3) is 0 Å². The largest absolute Gasteiger partial charge is 0.0572 e. The second-order valence-corrected chi connectivity index (χ2v) is 8.33. The third-order valence-corrected chi connectivity index (χ3v) is 4.94. The molecule has 0 aliphatic heterocycles. The van der Waals surface area contributed by atoms with E-state index >= 15 is 0 Å². The average molecular weight is 230 g/mol. The van der Waals surface area contributed by atoms with Crippen molar-refractivity contribution in [2.75, 3.05) is 0 Å². The highest BCUT2D eigenvalue weighted by atomic mass is 14.6. The predicted molar refractivity (Wildman–Crippen MR) is 73.8 cm³/mol. The minimum atomic E-state index is 0.365. The van der Waals surface area contributed by atoms with Crippen LogP contribution in [0.3, 0.4) is 0 Å². The Hall–Kier alpha value is -0.520. The number of hydrogen-bond donors (Lipinski definition) is 0. The zero-order valence-corrected chi connectivity index (χ0v) is 12.3. The minimum absolute atomic E-state index is 0.365. The molecule has 0 bridgehead atoms. The zero-order valence-electron chi connectivity index (χ0n) is 12.3. The maximum absolute atomic E-state index is 2.40. The van der Waals surface area contributed by atoms with Gasteiger partial charge in [-0.25, -0.2) is 0 Å². The maximum Gasteiger partial charge on any atom is -0.00860 e. The van der Waals surface area contributed by atoms with Crippen molar-refractivity contribution < 1.29 is 0 Å². The third kappa shape index (κ3) is 1.63. The topological polar surface area (TPSA) is 0 Å². The maximum atomic E-state index is 2.40. The third-order valence-electron chi connectivity index (χ3n) is 4.94. The van der Waals surface area contributed by atoms with Gasteiger partial charge in [0.15, 0.2) is 0 Å². The van der Waals surface area contributed by atoms with Crippen LogP contribution >= 0.6 is 0 Å². The Morgan fingerprint density at radius 2 is 1.47 bits per heavy atom. The van der Waals surface area contributed by atoms with Crippen LogP contribution in [-0.2, 0) is 0 Å². The monoisotopic (exact) mass is 230 g/mol. The lowest BCUT2D eigenvalue weighted by Gasteiger charge is -2.26. The molecule has 0 saturated heterocycles. The van der Waals surface area contributed by atoms with Crippen LogP contribution in [-0.4, -0.2) is 0 Å². The molecule has 0 heteroatoms. The molecule has 3 aliphatic carbocycles. The average Bonchev–Trinajstić information content (AvgIpc) is 2.63. The molecule has 3 rings (SSSR count). The molecule has 0 aromatic heterocycles. The van der Waals surface area contributed by atoms with Gasteiger partial charge in [0.1, 0.15) is 0 Å². The van der Waals surface area contributed by atoms with E-state index in [4.69, 9.17) is 0 Å². The molecule has 0 radical (unpaired) electrons. The van der Waals surface area contributed by atoms with Gasteiger partial charge in [-0.1, -0.05) is 52.7 Å². The van der Waals surface area contributed by atoms with Crippen LogP contribution in [0.25, 0.3) is 0 Å². The Labute approximate surface area is 106 Å². The van der Waals surface area contributed by atoms with Crippen molar-refractivity contribution in [1.29, 1.82) is 0 Å². The lowest BCUT2D eigenvalue weighted by molar-refractivity contribution is 0.453. The molecule has 2 saturated carbocycles. The molecule has 17 heavy (non-hydrogen) atoms. The van der Waals surface area contributed by atoms with Crippen molar-refractivity contribution >= 4 is 0 Å². The Kier molecular flexibility index (Phi) is 2.09. The Balaban J connectivity index is 2.07.